The first-order chi connectivity index (χ1) is 38.5. The number of ether oxygens (including phenoxy) is 3. The number of ketones is 2. The van der Waals surface area contributed by atoms with Crippen molar-refractivity contribution in [3.8, 4) is 11.8 Å². The van der Waals surface area contributed by atoms with E-state index >= 15 is 0 Å². The van der Waals surface area contributed by atoms with Crippen LogP contribution in [0, 0.1) is 63.6 Å². The highest BCUT2D eigenvalue weighted by Crippen LogP contribution is 2.64. The molecule has 0 spiro atoms. The first-order valence-corrected chi connectivity index (χ1v) is 30.5. The molecule has 7 rings (SSSR count). The summed E-state index contributed by atoms with van der Waals surface area (Å²) in [7, 11) is 1.61. The summed E-state index contributed by atoms with van der Waals surface area (Å²) >= 11 is 1.17. The second-order valence-electron chi connectivity index (χ2n) is 24.8. The smallest absolute Gasteiger partial charge is 0.415 e. The maximum atomic E-state index is 13.6. The zero-order valence-electron chi connectivity index (χ0n) is 49.1. The van der Waals surface area contributed by atoms with Crippen molar-refractivity contribution in [1.29, 1.82) is 5.26 Å². The summed E-state index contributed by atoms with van der Waals surface area (Å²) in [5.74, 6) is 2.69. The Kier molecular flexibility index (Phi) is 21.9. The Bertz CT molecular complexity index is 2750. The summed E-state index contributed by atoms with van der Waals surface area (Å²) in [4.78, 5) is 98.4. The van der Waals surface area contributed by atoms with Crippen LogP contribution in [0.15, 0.2) is 40.5 Å². The Balaban J connectivity index is 0.767. The molecule has 1 heterocycles. The Morgan fingerprint density at radius 2 is 1.58 bits per heavy atom. The van der Waals surface area contributed by atoms with E-state index in [2.05, 4.69) is 29.5 Å². The van der Waals surface area contributed by atoms with Crippen LogP contribution in [0.3, 0.4) is 0 Å². The molecule has 1 aromatic carbocycles. The molecule has 18 nitrogen and oxygen atoms in total. The SMILES string of the molecule is CC1=C(C)C(=O)C(C(C)(C)CC(=O)N(C)CCN(CCOCCOCCC(=O)NCCCCC(NC(=O)CC[C@@H](C)[C@H]2CCC3C2CCC2[C@H]3CC[C@@H]3C[C@H](O)CC[C@]23C)C(=O)O)C(=O)Oc2ccc3nc(C#N)sc3c2)=C(C)C1=O. The van der Waals surface area contributed by atoms with Crippen LogP contribution >= 0.6 is 11.3 Å². The van der Waals surface area contributed by atoms with Crippen LogP contribution in [0.5, 0.6) is 5.75 Å². The summed E-state index contributed by atoms with van der Waals surface area (Å²) in [6, 6.07) is 5.91. The van der Waals surface area contributed by atoms with Gasteiger partial charge in [-0.2, -0.15) is 5.26 Å². The van der Waals surface area contributed by atoms with Crippen molar-refractivity contribution < 1.29 is 58.0 Å². The quantitative estimate of drug-likeness (QED) is 0.0481. The second-order valence-corrected chi connectivity index (χ2v) is 25.8. The fourth-order valence-electron chi connectivity index (χ4n) is 14.6. The van der Waals surface area contributed by atoms with Gasteiger partial charge in [0.25, 0.3) is 0 Å². The average Bonchev–Trinajstić information content (AvgIpc) is 3.44. The van der Waals surface area contributed by atoms with Gasteiger partial charge in [-0.1, -0.05) is 27.7 Å². The predicted molar refractivity (Wildman–Crippen MR) is 307 cm³/mol. The van der Waals surface area contributed by atoms with Crippen molar-refractivity contribution >= 4 is 62.9 Å². The second kappa shape index (κ2) is 28.1. The number of aromatic nitrogens is 1. The van der Waals surface area contributed by atoms with Crippen LogP contribution in [-0.4, -0.2) is 138 Å². The highest BCUT2D eigenvalue weighted by atomic mass is 32.1. The number of thiazole rings is 1. The van der Waals surface area contributed by atoms with Crippen molar-refractivity contribution in [3.05, 3.63) is 45.5 Å². The first kappa shape index (κ1) is 63.0. The van der Waals surface area contributed by atoms with Crippen molar-refractivity contribution in [3.63, 3.8) is 0 Å². The van der Waals surface area contributed by atoms with Crippen LogP contribution in [0.2, 0.25) is 0 Å². The van der Waals surface area contributed by atoms with Gasteiger partial charge in [0.1, 0.15) is 17.9 Å². The van der Waals surface area contributed by atoms with Gasteiger partial charge in [0.15, 0.2) is 16.6 Å². The van der Waals surface area contributed by atoms with E-state index in [1.165, 1.54) is 59.7 Å². The number of allylic oxidation sites excluding steroid dienone is 4. The maximum Gasteiger partial charge on any atom is 0.415 e. The monoisotopic (exact) mass is 1140 g/mol. The summed E-state index contributed by atoms with van der Waals surface area (Å²) in [6.45, 7) is 14.5. The van der Waals surface area contributed by atoms with Gasteiger partial charge >= 0.3 is 12.1 Å². The molecule has 444 valence electrons. The molecule has 4 saturated carbocycles. The number of aliphatic carboxylic acids is 1. The van der Waals surface area contributed by atoms with Gasteiger partial charge in [0.05, 0.1) is 42.7 Å². The lowest BCUT2D eigenvalue weighted by molar-refractivity contribution is -0.142. The predicted octanol–water partition coefficient (Wildman–Crippen LogP) is 8.97. The van der Waals surface area contributed by atoms with Gasteiger partial charge in [-0.15, -0.1) is 11.3 Å². The number of carboxylic acid groups (broad SMARTS) is 1. The van der Waals surface area contributed by atoms with E-state index in [-0.39, 0.29) is 111 Å². The molecular formula is C62H88N6O12S. The van der Waals surface area contributed by atoms with E-state index in [9.17, 15) is 49.0 Å². The number of unbranched alkanes of at least 4 members (excludes halogenated alkanes) is 1. The standard InChI is InChI=1S/C62H88N6O12S/c1-37(44-16-17-46-45(44)18-19-48-47(46)15-13-41-33-42(69)22-24-62(41,48)7)12-21-53(71)65-50(59(75)76)11-9-10-25-64-52(70)23-29-78-31-32-79-30-28-68(60(77)80-43-14-20-49-51(34-43)81-54(36-63)66-49)27-26-67(8)55(72)35-61(5,6)56-40(4)57(73)38(2)39(3)58(56)74/h14,20,34,37,41-42,44-48,50,69H,9-13,15-19,21-33,35H2,1-8H3,(H,64,70)(H,65,71)(H,75,76)/t37-,41-,42-,44-,45?,46?,47+,48?,50?,62+/m1/s1. The molecule has 4 fully saturated rings. The number of nitrogens with one attached hydrogen (secondary N) is 2. The number of aliphatic hydroxyl groups is 1. The fraction of sp³-hybridized carbons (Fsp3) is 0.694. The number of aliphatic hydroxyl groups excluding tert-OH is 1. The van der Waals surface area contributed by atoms with Gasteiger partial charge in [-0.3, -0.25) is 24.0 Å². The van der Waals surface area contributed by atoms with Crippen LogP contribution in [0.4, 0.5) is 4.79 Å². The highest BCUT2D eigenvalue weighted by molar-refractivity contribution is 7.19. The number of hydrogen-bond acceptors (Lipinski definition) is 14. The molecule has 5 aliphatic rings. The topological polar surface area (TPSA) is 255 Å². The number of benzene rings is 1. The molecule has 1 aromatic heterocycles. The lowest BCUT2D eigenvalue weighted by Crippen LogP contribution is -2.52. The number of Topliss-reactive ketones (excluding diaryl/α,β-unsaturated/α-hetero) is 2. The molecule has 0 bridgehead atoms. The number of fused-ring (bicyclic) bond motifs is 6. The number of carbonyl (C=O) groups is 7. The number of hydrogen-bond donors (Lipinski definition) is 4. The summed E-state index contributed by atoms with van der Waals surface area (Å²) < 4.78 is 17.8. The van der Waals surface area contributed by atoms with E-state index in [4.69, 9.17) is 14.2 Å². The van der Waals surface area contributed by atoms with Gasteiger partial charge in [-0.05, 0) is 163 Å². The van der Waals surface area contributed by atoms with E-state index < -0.39 is 23.5 Å². The minimum absolute atomic E-state index is 0.0512. The Hall–Kier alpha value is -5.55. The molecule has 0 radical (unpaired) electrons. The minimum Gasteiger partial charge on any atom is -0.480 e. The van der Waals surface area contributed by atoms with Crippen LogP contribution in [0.25, 0.3) is 10.2 Å². The first-order valence-electron chi connectivity index (χ1n) is 29.6. The van der Waals surface area contributed by atoms with E-state index in [0.717, 1.165) is 43.4 Å². The van der Waals surface area contributed by atoms with Crippen LogP contribution < -0.4 is 15.4 Å². The molecule has 19 heteroatoms. The third kappa shape index (κ3) is 15.6. The van der Waals surface area contributed by atoms with E-state index in [1.54, 1.807) is 59.9 Å². The Morgan fingerprint density at radius 1 is 0.864 bits per heavy atom. The number of rotatable bonds is 27. The molecule has 0 saturated heterocycles. The summed E-state index contributed by atoms with van der Waals surface area (Å²) in [6.07, 6.45) is 12.3. The zero-order chi connectivity index (χ0) is 58.8. The fourth-order valence-corrected chi connectivity index (χ4v) is 15.4. The maximum absolute atomic E-state index is 13.6. The molecule has 5 aliphatic carbocycles. The Morgan fingerprint density at radius 3 is 2.32 bits per heavy atom. The number of nitriles is 1. The van der Waals surface area contributed by atoms with E-state index in [0.29, 0.717) is 87.4 Å². The normalized spacial score (nSPS) is 25.3. The third-order valence-corrected chi connectivity index (χ3v) is 20.2. The average molecular weight is 1140 g/mol. The number of amides is 4. The lowest BCUT2D eigenvalue weighted by atomic mass is 9.47. The van der Waals surface area contributed by atoms with Crippen molar-refractivity contribution in [2.75, 3.05) is 59.7 Å². The lowest BCUT2D eigenvalue weighted by Gasteiger charge is -2.59. The summed E-state index contributed by atoms with van der Waals surface area (Å²) in [5, 5.41) is 35.5. The Labute approximate surface area is 482 Å². The number of nitrogens with zero attached hydrogens (tertiary/aromatic N) is 4. The van der Waals surface area contributed by atoms with E-state index in [1.807, 2.05) is 6.07 Å². The molecule has 2 aromatic rings. The number of carboxylic acids is 1. The highest BCUT2D eigenvalue weighted by Gasteiger charge is 2.56. The zero-order valence-corrected chi connectivity index (χ0v) is 49.9. The molecule has 4 unspecified atom stereocenters. The minimum atomic E-state index is -1.06. The van der Waals surface area contributed by atoms with Crippen LogP contribution in [-0.2, 0) is 38.2 Å². The molecule has 4 amide bonds. The van der Waals surface area contributed by atoms with Crippen LogP contribution in [0.1, 0.15) is 156 Å². The van der Waals surface area contributed by atoms with Gasteiger partial charge < -0.3 is 44.9 Å². The van der Waals surface area contributed by atoms with Gasteiger partial charge in [0.2, 0.25) is 17.7 Å². The molecule has 4 N–H and O–H groups in total. The van der Waals surface area contributed by atoms with Gasteiger partial charge in [-0.25, -0.2) is 14.6 Å². The molecule has 81 heavy (non-hydrogen) atoms. The molecule has 10 atom stereocenters. The van der Waals surface area contributed by atoms with Crippen molar-refractivity contribution in [2.45, 2.75) is 163 Å². The molecular weight excluding hydrogens is 1050 g/mol. The van der Waals surface area contributed by atoms with Crippen molar-refractivity contribution in [2.24, 2.45) is 52.3 Å². The summed E-state index contributed by atoms with van der Waals surface area (Å²) in [5.41, 5.74) is 1.45. The number of carbonyl (C=O) groups excluding carboxylic acids is 6. The third-order valence-electron chi connectivity index (χ3n) is 19.3. The largest absolute Gasteiger partial charge is 0.480 e. The number of likely N-dealkylation sites (N-methyl/N-ethyl adjacent to an activating group) is 1. The molecule has 0 aliphatic heterocycles. The van der Waals surface area contributed by atoms with Crippen molar-refractivity contribution in [1.82, 2.24) is 25.4 Å². The van der Waals surface area contributed by atoms with Gasteiger partial charge in [0, 0.05) is 86.3 Å².